The molecule has 5 heteroatoms. The molecule has 3 N–H and O–H groups in total. The van der Waals surface area contributed by atoms with Crippen LogP contribution in [0.3, 0.4) is 0 Å². The van der Waals surface area contributed by atoms with Gasteiger partial charge < -0.3 is 11.1 Å². The average Bonchev–Trinajstić information content (AvgIpc) is 2.96. The maximum atomic E-state index is 12.1. The van der Waals surface area contributed by atoms with Gasteiger partial charge in [0.15, 0.2) is 0 Å². The predicted octanol–water partition coefficient (Wildman–Crippen LogP) is 4.22. The van der Waals surface area contributed by atoms with E-state index in [1.54, 1.807) is 17.8 Å². The fraction of sp³-hybridized carbons (Fsp3) is 0.278. The van der Waals surface area contributed by atoms with E-state index in [-0.39, 0.29) is 18.3 Å². The Morgan fingerprint density at radius 2 is 1.96 bits per heavy atom. The normalized spacial score (nSPS) is 12.4. The third-order valence-corrected chi connectivity index (χ3v) is 4.97. The first-order valence-electron chi connectivity index (χ1n) is 7.52. The van der Waals surface area contributed by atoms with Crippen LogP contribution in [0.1, 0.15) is 23.1 Å². The lowest BCUT2D eigenvalue weighted by atomic mass is 10.1. The molecule has 2 aromatic rings. The van der Waals surface area contributed by atoms with Gasteiger partial charge in [-0.2, -0.15) is 0 Å². The van der Waals surface area contributed by atoms with Crippen LogP contribution in [-0.4, -0.2) is 11.7 Å². The van der Waals surface area contributed by atoms with Crippen LogP contribution >= 0.6 is 24.2 Å². The fourth-order valence-electron chi connectivity index (χ4n) is 2.75. The standard InChI is InChI=1S/C18H20N2OS.ClH/c1-12-5-7-15(19)10-17(12)20-18(21)11-22-16-8-6-13-3-2-4-14(13)9-16;/h5-10H,2-4,11,19H2,1H3,(H,20,21);1H. The van der Waals surface area contributed by atoms with Crippen LogP contribution in [0.2, 0.25) is 0 Å². The van der Waals surface area contributed by atoms with Crippen LogP contribution in [-0.2, 0) is 17.6 Å². The van der Waals surface area contributed by atoms with Gasteiger partial charge in [-0.3, -0.25) is 4.79 Å². The third kappa shape index (κ3) is 4.43. The van der Waals surface area contributed by atoms with Crippen molar-refractivity contribution in [3.8, 4) is 0 Å². The molecule has 0 aliphatic heterocycles. The Morgan fingerprint density at radius 1 is 1.17 bits per heavy atom. The van der Waals surface area contributed by atoms with E-state index in [0.717, 1.165) is 11.3 Å². The van der Waals surface area contributed by atoms with Crippen LogP contribution in [0.15, 0.2) is 41.3 Å². The number of rotatable bonds is 4. The molecule has 1 amide bonds. The quantitative estimate of drug-likeness (QED) is 0.642. The van der Waals surface area contributed by atoms with Gasteiger partial charge in [-0.25, -0.2) is 0 Å². The molecule has 2 aromatic carbocycles. The number of hydrogen-bond acceptors (Lipinski definition) is 3. The first kappa shape index (κ1) is 17.7. The van der Waals surface area contributed by atoms with Crippen molar-refractivity contribution in [1.82, 2.24) is 0 Å². The number of nitrogen functional groups attached to an aromatic ring is 1. The number of halogens is 1. The largest absolute Gasteiger partial charge is 0.399 e. The van der Waals surface area contributed by atoms with Crippen LogP contribution in [0.25, 0.3) is 0 Å². The van der Waals surface area contributed by atoms with E-state index in [1.807, 2.05) is 19.1 Å². The lowest BCUT2D eigenvalue weighted by molar-refractivity contribution is -0.113. The summed E-state index contributed by atoms with van der Waals surface area (Å²) in [6, 6.07) is 12.1. The minimum Gasteiger partial charge on any atom is -0.399 e. The molecule has 0 unspecified atom stereocenters. The maximum absolute atomic E-state index is 12.1. The molecule has 122 valence electrons. The van der Waals surface area contributed by atoms with Gasteiger partial charge in [0, 0.05) is 16.3 Å². The second kappa shape index (κ2) is 7.75. The Bertz CT molecular complexity index is 718. The molecular weight excluding hydrogens is 328 g/mol. The van der Waals surface area contributed by atoms with Crippen LogP contribution in [0, 0.1) is 6.92 Å². The van der Waals surface area contributed by atoms with Gasteiger partial charge >= 0.3 is 0 Å². The first-order valence-corrected chi connectivity index (χ1v) is 8.51. The lowest BCUT2D eigenvalue weighted by Crippen LogP contribution is -2.15. The molecule has 0 atom stereocenters. The zero-order valence-electron chi connectivity index (χ0n) is 13.1. The van der Waals surface area contributed by atoms with Gasteiger partial charge in [-0.15, -0.1) is 24.2 Å². The summed E-state index contributed by atoms with van der Waals surface area (Å²) >= 11 is 1.58. The zero-order valence-corrected chi connectivity index (χ0v) is 14.7. The number of nitrogens with two attached hydrogens (primary N) is 1. The molecule has 0 saturated heterocycles. The average molecular weight is 349 g/mol. The van der Waals surface area contributed by atoms with Gasteiger partial charge in [-0.1, -0.05) is 12.1 Å². The number of carbonyl (C=O) groups excluding carboxylic acids is 1. The van der Waals surface area contributed by atoms with E-state index >= 15 is 0 Å². The molecule has 1 aliphatic carbocycles. The van der Waals surface area contributed by atoms with E-state index in [9.17, 15) is 4.79 Å². The van der Waals surface area contributed by atoms with Crippen molar-refractivity contribution < 1.29 is 4.79 Å². The minimum absolute atomic E-state index is 0. The highest BCUT2D eigenvalue weighted by Crippen LogP contribution is 2.27. The Hall–Kier alpha value is -1.65. The van der Waals surface area contributed by atoms with Crippen molar-refractivity contribution in [2.75, 3.05) is 16.8 Å². The minimum atomic E-state index is -0.000742. The second-order valence-corrected chi connectivity index (χ2v) is 6.74. The monoisotopic (exact) mass is 348 g/mol. The van der Waals surface area contributed by atoms with E-state index in [1.165, 1.54) is 35.3 Å². The van der Waals surface area contributed by atoms with Crippen LogP contribution in [0.4, 0.5) is 11.4 Å². The number of benzene rings is 2. The lowest BCUT2D eigenvalue weighted by Gasteiger charge is -2.09. The molecule has 0 aromatic heterocycles. The molecule has 1 aliphatic rings. The summed E-state index contributed by atoms with van der Waals surface area (Å²) in [6.45, 7) is 1.96. The topological polar surface area (TPSA) is 55.1 Å². The second-order valence-electron chi connectivity index (χ2n) is 5.70. The van der Waals surface area contributed by atoms with Crippen molar-refractivity contribution in [2.45, 2.75) is 31.1 Å². The van der Waals surface area contributed by atoms with Gasteiger partial charge in [0.1, 0.15) is 0 Å². The van der Waals surface area contributed by atoms with Gasteiger partial charge in [0.2, 0.25) is 5.91 Å². The number of hydrogen-bond donors (Lipinski definition) is 2. The summed E-state index contributed by atoms with van der Waals surface area (Å²) in [5.41, 5.74) is 11.1. The van der Waals surface area contributed by atoms with Crippen LogP contribution < -0.4 is 11.1 Å². The summed E-state index contributed by atoms with van der Waals surface area (Å²) in [5.74, 6) is 0.409. The Labute approximate surface area is 147 Å². The zero-order chi connectivity index (χ0) is 15.5. The molecule has 0 spiro atoms. The summed E-state index contributed by atoms with van der Waals surface area (Å²) in [7, 11) is 0. The van der Waals surface area contributed by atoms with E-state index in [0.29, 0.717) is 11.4 Å². The first-order chi connectivity index (χ1) is 10.6. The number of anilines is 2. The van der Waals surface area contributed by atoms with Gasteiger partial charge in [-0.05, 0) is 67.1 Å². The Balaban J connectivity index is 0.00000192. The molecule has 3 nitrogen and oxygen atoms in total. The molecule has 0 radical (unpaired) electrons. The fourth-order valence-corrected chi connectivity index (χ4v) is 3.51. The number of amides is 1. The van der Waals surface area contributed by atoms with Crippen molar-refractivity contribution >= 4 is 41.5 Å². The highest BCUT2D eigenvalue weighted by atomic mass is 35.5. The van der Waals surface area contributed by atoms with E-state index in [2.05, 4.69) is 23.5 Å². The highest BCUT2D eigenvalue weighted by molar-refractivity contribution is 8.00. The molecule has 0 fully saturated rings. The smallest absolute Gasteiger partial charge is 0.234 e. The molecule has 23 heavy (non-hydrogen) atoms. The number of thioether (sulfide) groups is 1. The molecule has 0 saturated carbocycles. The summed E-state index contributed by atoms with van der Waals surface area (Å²) < 4.78 is 0. The van der Waals surface area contributed by atoms with E-state index < -0.39 is 0 Å². The summed E-state index contributed by atoms with van der Waals surface area (Å²) in [6.07, 6.45) is 3.60. The van der Waals surface area contributed by atoms with Crippen LogP contribution in [0.5, 0.6) is 0 Å². The molecule has 3 rings (SSSR count). The Morgan fingerprint density at radius 3 is 2.78 bits per heavy atom. The third-order valence-electron chi connectivity index (χ3n) is 3.98. The number of nitrogens with one attached hydrogen (secondary N) is 1. The summed E-state index contributed by atoms with van der Waals surface area (Å²) in [5, 5.41) is 2.93. The predicted molar refractivity (Wildman–Crippen MR) is 101 cm³/mol. The maximum Gasteiger partial charge on any atom is 0.234 e. The highest BCUT2D eigenvalue weighted by Gasteiger charge is 2.12. The Kier molecular flexibility index (Phi) is 5.97. The SMILES string of the molecule is Cc1ccc(N)cc1NC(=O)CSc1ccc2c(c1)CCC2.Cl. The molecular formula is C18H21ClN2OS. The summed E-state index contributed by atoms with van der Waals surface area (Å²) in [4.78, 5) is 13.3. The van der Waals surface area contributed by atoms with E-state index in [4.69, 9.17) is 5.73 Å². The number of carbonyl (C=O) groups is 1. The molecule has 0 heterocycles. The van der Waals surface area contributed by atoms with Crippen molar-refractivity contribution in [3.63, 3.8) is 0 Å². The van der Waals surface area contributed by atoms with Crippen molar-refractivity contribution in [3.05, 3.63) is 53.1 Å². The number of fused-ring (bicyclic) bond motifs is 1. The number of aryl methyl sites for hydroxylation is 3. The van der Waals surface area contributed by atoms with Crippen molar-refractivity contribution in [2.24, 2.45) is 0 Å². The molecule has 0 bridgehead atoms. The van der Waals surface area contributed by atoms with Crippen molar-refractivity contribution in [1.29, 1.82) is 0 Å². The van der Waals surface area contributed by atoms with Gasteiger partial charge in [0.25, 0.3) is 0 Å². The van der Waals surface area contributed by atoms with Gasteiger partial charge in [0.05, 0.1) is 5.75 Å².